The Kier molecular flexibility index (Phi) is 3.94. The predicted molar refractivity (Wildman–Crippen MR) is 68.5 cm³/mol. The summed E-state index contributed by atoms with van der Waals surface area (Å²) in [6.45, 7) is 0.553. The second-order valence-corrected chi connectivity index (χ2v) is 4.29. The number of amides is 1. The number of aryl methyl sites for hydroxylation is 1. The highest BCUT2D eigenvalue weighted by atomic mass is 35.5. The van der Waals surface area contributed by atoms with Gasteiger partial charge < -0.3 is 5.32 Å². The minimum absolute atomic E-state index is 0.211. The lowest BCUT2D eigenvalue weighted by Crippen LogP contribution is -2.26. The fraction of sp³-hybridized carbons (Fsp3) is 0.250. The Balaban J connectivity index is 1.82. The fourth-order valence-corrected chi connectivity index (χ4v) is 1.64. The topological polar surface area (TPSA) is 59.8 Å². The summed E-state index contributed by atoms with van der Waals surface area (Å²) in [6.07, 6.45) is 2.20. The lowest BCUT2D eigenvalue weighted by atomic mass is 10.1. The van der Waals surface area contributed by atoms with Crippen LogP contribution in [0.25, 0.3) is 0 Å². The summed E-state index contributed by atoms with van der Waals surface area (Å²) in [5, 5.41) is 11.3. The van der Waals surface area contributed by atoms with Gasteiger partial charge in [-0.25, -0.2) is 0 Å². The highest BCUT2D eigenvalue weighted by Gasteiger charge is 2.08. The largest absolute Gasteiger partial charge is 0.350 e. The SMILES string of the molecule is Cn1ncc(C(=O)NCCc2ccc(Cl)cc2)n1. The molecule has 0 saturated heterocycles. The van der Waals surface area contributed by atoms with Crippen molar-refractivity contribution in [2.45, 2.75) is 6.42 Å². The molecule has 0 aliphatic heterocycles. The van der Waals surface area contributed by atoms with Gasteiger partial charge in [0.25, 0.3) is 5.91 Å². The number of carbonyl (C=O) groups is 1. The molecule has 0 radical (unpaired) electrons. The van der Waals surface area contributed by atoms with Crippen LogP contribution in [0.15, 0.2) is 30.5 Å². The minimum atomic E-state index is -0.211. The summed E-state index contributed by atoms with van der Waals surface area (Å²) in [7, 11) is 1.67. The number of aromatic nitrogens is 3. The Hall–Kier alpha value is -1.88. The van der Waals surface area contributed by atoms with E-state index in [1.807, 2.05) is 24.3 Å². The molecule has 0 fully saturated rings. The molecule has 2 rings (SSSR count). The van der Waals surface area contributed by atoms with Gasteiger partial charge in [-0.3, -0.25) is 4.79 Å². The van der Waals surface area contributed by atoms with Crippen LogP contribution in [0, 0.1) is 0 Å². The minimum Gasteiger partial charge on any atom is -0.350 e. The molecule has 0 atom stereocenters. The molecular weight excluding hydrogens is 252 g/mol. The summed E-state index contributed by atoms with van der Waals surface area (Å²) in [5.41, 5.74) is 1.45. The van der Waals surface area contributed by atoms with E-state index in [-0.39, 0.29) is 5.91 Å². The number of hydrogen-bond donors (Lipinski definition) is 1. The van der Waals surface area contributed by atoms with Crippen LogP contribution in [0.5, 0.6) is 0 Å². The van der Waals surface area contributed by atoms with E-state index in [9.17, 15) is 4.79 Å². The van der Waals surface area contributed by atoms with Crippen LogP contribution in [0.4, 0.5) is 0 Å². The average molecular weight is 265 g/mol. The normalized spacial score (nSPS) is 10.3. The second-order valence-electron chi connectivity index (χ2n) is 3.85. The van der Waals surface area contributed by atoms with E-state index in [1.165, 1.54) is 11.0 Å². The zero-order valence-corrected chi connectivity index (χ0v) is 10.7. The molecule has 6 heteroatoms. The number of carbonyl (C=O) groups excluding carboxylic acids is 1. The zero-order chi connectivity index (χ0) is 13.0. The lowest BCUT2D eigenvalue weighted by molar-refractivity contribution is 0.0948. The Morgan fingerprint density at radius 1 is 1.39 bits per heavy atom. The number of nitrogens with one attached hydrogen (secondary N) is 1. The molecule has 1 heterocycles. The summed E-state index contributed by atoms with van der Waals surface area (Å²) >= 11 is 5.79. The van der Waals surface area contributed by atoms with Gasteiger partial charge in [0, 0.05) is 18.6 Å². The monoisotopic (exact) mass is 264 g/mol. The summed E-state index contributed by atoms with van der Waals surface area (Å²) in [6, 6.07) is 7.55. The van der Waals surface area contributed by atoms with Crippen LogP contribution >= 0.6 is 11.6 Å². The zero-order valence-electron chi connectivity index (χ0n) is 9.93. The van der Waals surface area contributed by atoms with Gasteiger partial charge in [-0.15, -0.1) is 5.10 Å². The molecule has 2 aromatic rings. The van der Waals surface area contributed by atoms with E-state index < -0.39 is 0 Å². The molecule has 1 aromatic carbocycles. The van der Waals surface area contributed by atoms with Crippen LogP contribution < -0.4 is 5.32 Å². The van der Waals surface area contributed by atoms with Crippen molar-refractivity contribution in [1.29, 1.82) is 0 Å². The number of hydrogen-bond acceptors (Lipinski definition) is 3. The van der Waals surface area contributed by atoms with E-state index in [4.69, 9.17) is 11.6 Å². The molecule has 5 nitrogen and oxygen atoms in total. The molecule has 0 saturated carbocycles. The summed E-state index contributed by atoms with van der Waals surface area (Å²) < 4.78 is 0. The van der Waals surface area contributed by atoms with Gasteiger partial charge in [-0.2, -0.15) is 9.90 Å². The summed E-state index contributed by atoms with van der Waals surface area (Å²) in [4.78, 5) is 13.0. The lowest BCUT2D eigenvalue weighted by Gasteiger charge is -2.03. The van der Waals surface area contributed by atoms with Crippen molar-refractivity contribution < 1.29 is 4.79 Å². The highest BCUT2D eigenvalue weighted by Crippen LogP contribution is 2.09. The van der Waals surface area contributed by atoms with Crippen molar-refractivity contribution in [2.75, 3.05) is 6.54 Å². The summed E-state index contributed by atoms with van der Waals surface area (Å²) in [5.74, 6) is -0.211. The third-order valence-corrected chi connectivity index (χ3v) is 2.70. The molecule has 1 amide bonds. The molecule has 1 aromatic heterocycles. The van der Waals surface area contributed by atoms with Gasteiger partial charge in [0.1, 0.15) is 0 Å². The van der Waals surface area contributed by atoms with E-state index >= 15 is 0 Å². The molecule has 0 spiro atoms. The van der Waals surface area contributed by atoms with Gasteiger partial charge in [-0.05, 0) is 24.1 Å². The predicted octanol–water partition coefficient (Wildman–Crippen LogP) is 1.44. The molecule has 94 valence electrons. The molecular formula is C12H13ClN4O. The van der Waals surface area contributed by atoms with Crippen molar-refractivity contribution in [1.82, 2.24) is 20.3 Å². The van der Waals surface area contributed by atoms with Crippen molar-refractivity contribution >= 4 is 17.5 Å². The Morgan fingerprint density at radius 3 is 2.72 bits per heavy atom. The molecule has 0 aliphatic rings. The van der Waals surface area contributed by atoms with Crippen molar-refractivity contribution in [2.24, 2.45) is 7.05 Å². The van der Waals surface area contributed by atoms with Crippen LogP contribution in [0.2, 0.25) is 5.02 Å². The Bertz CT molecular complexity index is 535. The third-order valence-electron chi connectivity index (χ3n) is 2.44. The molecule has 0 aliphatic carbocycles. The number of rotatable bonds is 4. The first kappa shape index (κ1) is 12.6. The second kappa shape index (κ2) is 5.64. The number of nitrogens with zero attached hydrogens (tertiary/aromatic N) is 3. The van der Waals surface area contributed by atoms with Crippen molar-refractivity contribution in [3.63, 3.8) is 0 Å². The Labute approximate surface area is 110 Å². The van der Waals surface area contributed by atoms with E-state index in [0.29, 0.717) is 17.3 Å². The van der Waals surface area contributed by atoms with Crippen molar-refractivity contribution in [3.05, 3.63) is 46.7 Å². The van der Waals surface area contributed by atoms with Gasteiger partial charge in [0.2, 0.25) is 0 Å². The van der Waals surface area contributed by atoms with Crippen LogP contribution in [0.3, 0.4) is 0 Å². The van der Waals surface area contributed by atoms with E-state index in [2.05, 4.69) is 15.5 Å². The van der Waals surface area contributed by atoms with Crippen LogP contribution in [0.1, 0.15) is 16.1 Å². The maximum absolute atomic E-state index is 11.7. The fourth-order valence-electron chi connectivity index (χ4n) is 1.51. The van der Waals surface area contributed by atoms with Crippen molar-refractivity contribution in [3.8, 4) is 0 Å². The standard InChI is InChI=1S/C12H13ClN4O/c1-17-15-8-11(16-17)12(18)14-7-6-9-2-4-10(13)5-3-9/h2-5,8H,6-7H2,1H3,(H,14,18). The van der Waals surface area contributed by atoms with Crippen LogP contribution in [-0.4, -0.2) is 27.4 Å². The first-order valence-corrected chi connectivity index (χ1v) is 5.92. The Morgan fingerprint density at radius 2 is 2.11 bits per heavy atom. The number of halogens is 1. The maximum Gasteiger partial charge on any atom is 0.273 e. The molecule has 0 unspecified atom stereocenters. The van der Waals surface area contributed by atoms with Crippen LogP contribution in [-0.2, 0) is 13.5 Å². The smallest absolute Gasteiger partial charge is 0.273 e. The number of benzene rings is 1. The quantitative estimate of drug-likeness (QED) is 0.909. The van der Waals surface area contributed by atoms with E-state index in [1.54, 1.807) is 7.05 Å². The van der Waals surface area contributed by atoms with E-state index in [0.717, 1.165) is 12.0 Å². The van der Waals surface area contributed by atoms with Gasteiger partial charge >= 0.3 is 0 Å². The van der Waals surface area contributed by atoms with Gasteiger partial charge in [0.15, 0.2) is 5.69 Å². The third kappa shape index (κ3) is 3.30. The maximum atomic E-state index is 11.7. The average Bonchev–Trinajstić information content (AvgIpc) is 2.78. The highest BCUT2D eigenvalue weighted by molar-refractivity contribution is 6.30. The molecule has 0 bridgehead atoms. The molecule has 1 N–H and O–H groups in total. The molecule has 18 heavy (non-hydrogen) atoms. The van der Waals surface area contributed by atoms with Gasteiger partial charge in [-0.1, -0.05) is 23.7 Å². The first-order valence-electron chi connectivity index (χ1n) is 5.54. The van der Waals surface area contributed by atoms with Gasteiger partial charge in [0.05, 0.1) is 6.20 Å². The first-order chi connectivity index (χ1) is 8.65.